The Morgan fingerprint density at radius 2 is 0.712 bits per heavy atom. The summed E-state index contributed by atoms with van der Waals surface area (Å²) in [4.78, 5) is 0. The van der Waals surface area contributed by atoms with Crippen LogP contribution in [-0.4, -0.2) is 34.8 Å². The van der Waals surface area contributed by atoms with E-state index in [9.17, 15) is 0 Å². The van der Waals surface area contributed by atoms with Crippen molar-refractivity contribution >= 4 is 62.1 Å². The number of rotatable bonds is 28. The van der Waals surface area contributed by atoms with Crippen LogP contribution < -0.4 is 9.47 Å². The van der Waals surface area contributed by atoms with Crippen LogP contribution in [0.25, 0.3) is 0 Å². The maximum atomic E-state index is 16.3. The Bertz CT molecular complexity index is 1340. The van der Waals surface area contributed by atoms with Gasteiger partial charge < -0.3 is 0 Å². The number of benzene rings is 4. The molecule has 0 aliphatic heterocycles. The summed E-state index contributed by atoms with van der Waals surface area (Å²) in [5, 5.41) is 0. The van der Waals surface area contributed by atoms with E-state index >= 15 is 2.81 Å². The molecular formula is C44H60FI2O4Sb. The van der Waals surface area contributed by atoms with Gasteiger partial charge in [0.15, 0.2) is 0 Å². The van der Waals surface area contributed by atoms with Gasteiger partial charge in [0.1, 0.15) is 0 Å². The minimum absolute atomic E-state index is 0.722. The van der Waals surface area contributed by atoms with Crippen molar-refractivity contribution in [3.05, 3.63) is 123 Å². The van der Waals surface area contributed by atoms with Crippen LogP contribution in [-0.2, 0) is 2.69 Å². The molecule has 0 unspecified atom stereocenters. The van der Waals surface area contributed by atoms with E-state index in [1.54, 1.807) is 0 Å². The molecule has 0 saturated carbocycles. The molecule has 4 aromatic carbocycles. The van der Waals surface area contributed by atoms with Crippen molar-refractivity contribution in [2.24, 2.45) is 0 Å². The van der Waals surface area contributed by atoms with Gasteiger partial charge in [0.2, 0.25) is 0 Å². The summed E-state index contributed by atoms with van der Waals surface area (Å²) in [7, 11) is 0. The molecule has 0 atom stereocenters. The molecule has 0 bridgehead atoms. The van der Waals surface area contributed by atoms with E-state index in [1.807, 2.05) is 60.7 Å². The van der Waals surface area contributed by atoms with Crippen LogP contribution in [0.15, 0.2) is 109 Å². The molecule has 0 fully saturated rings. The summed E-state index contributed by atoms with van der Waals surface area (Å²) in [6, 6.07) is 36.6. The molecule has 286 valence electrons. The number of ether oxygens (including phenoxy) is 2. The Balaban J connectivity index is 1.33. The van der Waals surface area contributed by atoms with E-state index in [0.717, 1.165) is 51.8 Å². The second-order valence-corrected chi connectivity index (χ2v) is 28.1. The van der Waals surface area contributed by atoms with Gasteiger partial charge in [0.25, 0.3) is 0 Å². The topological polar surface area (TPSA) is 36.9 Å². The van der Waals surface area contributed by atoms with Crippen LogP contribution in [0.3, 0.4) is 0 Å². The second-order valence-electron chi connectivity index (χ2n) is 13.0. The standard InChI is InChI=1S/2C22H30IO2.FH.Sb/c2*1-2-3-4-5-6-7-8-12-19-25-22-17-15-21(16-18-22)23(24)20-13-10-9-11-14-20;;/h2*9-11,13-18H,2-8,12,19H2,1H3;1H;/q2*-1;;+3/p-1. The first-order chi connectivity index (χ1) is 25.7. The van der Waals surface area contributed by atoms with Gasteiger partial charge in [-0.05, 0) is 0 Å². The van der Waals surface area contributed by atoms with Gasteiger partial charge in [-0.2, -0.15) is 0 Å². The molecule has 0 saturated heterocycles. The molecule has 0 aliphatic rings. The van der Waals surface area contributed by atoms with Crippen LogP contribution in [0.1, 0.15) is 117 Å². The van der Waals surface area contributed by atoms with E-state index in [2.05, 4.69) is 62.4 Å². The van der Waals surface area contributed by atoms with E-state index in [4.69, 9.17) is 12.2 Å². The Hall–Kier alpha value is -1.39. The Morgan fingerprint density at radius 1 is 0.404 bits per heavy atom. The van der Waals surface area contributed by atoms with Crippen molar-refractivity contribution < 1.29 is 15.0 Å². The Labute approximate surface area is 338 Å². The van der Waals surface area contributed by atoms with E-state index in [1.165, 1.54) is 89.9 Å². The molecule has 0 aliphatic carbocycles. The zero-order valence-corrected chi connectivity index (χ0v) is 38.2. The molecule has 0 N–H and O–H groups in total. The van der Waals surface area contributed by atoms with Crippen molar-refractivity contribution in [2.45, 2.75) is 117 Å². The summed E-state index contributed by atoms with van der Waals surface area (Å²) in [6.07, 6.45) is 20.4. The van der Waals surface area contributed by atoms with Gasteiger partial charge in [0.05, 0.1) is 0 Å². The zero-order valence-electron chi connectivity index (χ0n) is 31.3. The normalized spacial score (nSPS) is 11.8. The summed E-state index contributed by atoms with van der Waals surface area (Å²) in [5.41, 5.74) is 0. The molecule has 8 heteroatoms. The quantitative estimate of drug-likeness (QED) is 0.0323. The number of hydrogen-bond donors (Lipinski definition) is 0. The third-order valence-corrected chi connectivity index (χ3v) is 26.9. The average Bonchev–Trinajstić information content (AvgIpc) is 3.19. The van der Waals surface area contributed by atoms with Gasteiger partial charge in [-0.25, -0.2) is 0 Å². The predicted molar refractivity (Wildman–Crippen MR) is 234 cm³/mol. The SMILES string of the molecule is CCCCCCCCCCOc1ccc(I([O][Sb]([F])[O]I(c2ccccc2)c2ccc(OCCCCCCCCCC)cc2)c2ccccc2)cc1. The Morgan fingerprint density at radius 3 is 1.06 bits per heavy atom. The predicted octanol–water partition coefficient (Wildman–Crippen LogP) is 14.3. The average molecular weight is 1050 g/mol. The van der Waals surface area contributed by atoms with E-state index in [-0.39, 0.29) is 0 Å². The molecule has 52 heavy (non-hydrogen) atoms. The zero-order chi connectivity index (χ0) is 36.5. The first-order valence-corrected chi connectivity index (χ1v) is 28.6. The van der Waals surface area contributed by atoms with Gasteiger partial charge in [-0.3, -0.25) is 0 Å². The van der Waals surface area contributed by atoms with Crippen LogP contribution in [0, 0.1) is 14.3 Å². The van der Waals surface area contributed by atoms with Crippen LogP contribution in [0.2, 0.25) is 0 Å². The molecule has 0 spiro atoms. The summed E-state index contributed by atoms with van der Waals surface area (Å²) in [6.45, 7) is 5.96. The summed E-state index contributed by atoms with van der Waals surface area (Å²) >= 11 is -9.19. The third kappa shape index (κ3) is 17.0. The van der Waals surface area contributed by atoms with E-state index < -0.39 is 62.1 Å². The molecule has 0 heterocycles. The fraction of sp³-hybridized carbons (Fsp3) is 0.455. The molecule has 4 nitrogen and oxygen atoms in total. The Kier molecular flexibility index (Phi) is 22.7. The van der Waals surface area contributed by atoms with Crippen LogP contribution >= 0.6 is 40.5 Å². The van der Waals surface area contributed by atoms with Crippen LogP contribution in [0.5, 0.6) is 11.5 Å². The van der Waals surface area contributed by atoms with Gasteiger partial charge >= 0.3 is 302 Å². The van der Waals surface area contributed by atoms with Crippen molar-refractivity contribution in [1.82, 2.24) is 0 Å². The van der Waals surface area contributed by atoms with Crippen molar-refractivity contribution in [2.75, 3.05) is 13.2 Å². The number of hydrogen-bond acceptors (Lipinski definition) is 4. The van der Waals surface area contributed by atoms with Gasteiger partial charge in [0, 0.05) is 0 Å². The van der Waals surface area contributed by atoms with Crippen molar-refractivity contribution in [3.63, 3.8) is 0 Å². The van der Waals surface area contributed by atoms with Gasteiger partial charge in [-0.1, -0.05) is 39.5 Å². The number of halogens is 3. The third-order valence-electron chi connectivity index (χ3n) is 8.67. The van der Waals surface area contributed by atoms with Gasteiger partial charge in [-0.15, -0.1) is 0 Å². The first kappa shape index (κ1) is 43.3. The molecule has 0 amide bonds. The fourth-order valence-electron chi connectivity index (χ4n) is 5.73. The molecule has 4 rings (SSSR count). The molecule has 0 radical (unpaired) electrons. The van der Waals surface area contributed by atoms with Crippen LogP contribution in [0.4, 0.5) is 2.81 Å². The summed E-state index contributed by atoms with van der Waals surface area (Å²) in [5.74, 6) is 1.71. The molecular weight excluding hydrogens is 987 g/mol. The second kappa shape index (κ2) is 27.2. The monoisotopic (exact) mass is 1050 g/mol. The maximum absolute atomic E-state index is 16.3. The van der Waals surface area contributed by atoms with Crippen molar-refractivity contribution in [1.29, 1.82) is 0 Å². The molecule has 0 aromatic heterocycles. The first-order valence-electron chi connectivity index (χ1n) is 19.5. The fourth-order valence-corrected chi connectivity index (χ4v) is 26.3. The number of unbranched alkanes of at least 4 members (excludes halogenated alkanes) is 14. The van der Waals surface area contributed by atoms with E-state index in [0.29, 0.717) is 0 Å². The van der Waals surface area contributed by atoms with Crippen molar-refractivity contribution in [3.8, 4) is 11.5 Å². The minimum atomic E-state index is -4.06. The summed E-state index contributed by atoms with van der Waals surface area (Å²) < 4.78 is 45.6. The molecule has 4 aromatic rings.